The zero-order valence-corrected chi connectivity index (χ0v) is 25.6. The predicted molar refractivity (Wildman–Crippen MR) is 165 cm³/mol. The smallest absolute Gasteiger partial charge is 0.249 e. The van der Waals surface area contributed by atoms with Crippen LogP contribution in [0.3, 0.4) is 0 Å². The summed E-state index contributed by atoms with van der Waals surface area (Å²) in [7, 11) is 4.54. The number of aromatic nitrogens is 7. The standard InChI is InChI=1S/C31H33N9O6/c1-43-26-13-10-20(15-28(26)45-3)30(31(42)32-17-22-7-6-14-46-22)40(29(41)18-38-24-9-5-4-8-23(24)34-36-38)21-11-12-25(27(16-21)44-2)39-19-33-35-37-39/h4-5,8-13,15-16,19,22,30H,6-7,14,17-18H2,1-3H3,(H,32,42)/t22-,30-/m0/s1. The van der Waals surface area contributed by atoms with Gasteiger partial charge in [0.2, 0.25) is 11.8 Å². The van der Waals surface area contributed by atoms with Gasteiger partial charge in [0.05, 0.1) is 33.0 Å². The van der Waals surface area contributed by atoms with Crippen LogP contribution >= 0.6 is 0 Å². The molecule has 15 heteroatoms. The Morgan fingerprint density at radius 3 is 2.57 bits per heavy atom. The van der Waals surface area contributed by atoms with Crippen molar-refractivity contribution in [3.8, 4) is 22.9 Å². The summed E-state index contributed by atoms with van der Waals surface area (Å²) in [6, 6.07) is 16.4. The maximum atomic E-state index is 14.5. The third-order valence-corrected chi connectivity index (χ3v) is 7.77. The molecule has 1 fully saturated rings. The van der Waals surface area contributed by atoms with E-state index in [0.29, 0.717) is 58.4 Å². The molecule has 46 heavy (non-hydrogen) atoms. The quantitative estimate of drug-likeness (QED) is 0.216. The highest BCUT2D eigenvalue weighted by atomic mass is 16.5. The molecule has 1 N–H and O–H groups in total. The summed E-state index contributed by atoms with van der Waals surface area (Å²) in [5, 5.41) is 22.8. The highest BCUT2D eigenvalue weighted by Crippen LogP contribution is 2.37. The first kappa shape index (κ1) is 30.5. The number of rotatable bonds is 12. The van der Waals surface area contributed by atoms with Crippen LogP contribution in [0.25, 0.3) is 16.7 Å². The number of para-hydroxylation sites is 1. The molecular formula is C31H33N9O6. The lowest BCUT2D eigenvalue weighted by molar-refractivity contribution is -0.127. The Bertz CT molecular complexity index is 1820. The summed E-state index contributed by atoms with van der Waals surface area (Å²) in [4.78, 5) is 30.2. The van der Waals surface area contributed by atoms with Crippen LogP contribution < -0.4 is 24.4 Å². The van der Waals surface area contributed by atoms with E-state index in [-0.39, 0.29) is 12.6 Å². The molecule has 5 aromatic rings. The second-order valence-electron chi connectivity index (χ2n) is 10.5. The Balaban J connectivity index is 1.47. The van der Waals surface area contributed by atoms with Crippen molar-refractivity contribution in [2.75, 3.05) is 39.4 Å². The van der Waals surface area contributed by atoms with Crippen molar-refractivity contribution in [2.24, 2.45) is 0 Å². The molecule has 3 heterocycles. The first-order chi connectivity index (χ1) is 22.5. The molecule has 15 nitrogen and oxygen atoms in total. The molecule has 0 spiro atoms. The van der Waals surface area contributed by atoms with Crippen molar-refractivity contribution in [2.45, 2.75) is 31.5 Å². The van der Waals surface area contributed by atoms with Crippen molar-refractivity contribution in [3.05, 3.63) is 72.6 Å². The number of carbonyl (C=O) groups excluding carboxylic acids is 2. The van der Waals surface area contributed by atoms with E-state index in [1.807, 2.05) is 24.3 Å². The number of benzene rings is 3. The van der Waals surface area contributed by atoms with Gasteiger partial charge in [0.25, 0.3) is 0 Å². The normalized spacial score (nSPS) is 15.0. The molecule has 2 aromatic heterocycles. The predicted octanol–water partition coefficient (Wildman–Crippen LogP) is 2.50. The van der Waals surface area contributed by atoms with Gasteiger partial charge in [-0.1, -0.05) is 23.4 Å². The summed E-state index contributed by atoms with van der Waals surface area (Å²) in [6.45, 7) is 0.726. The van der Waals surface area contributed by atoms with Crippen molar-refractivity contribution < 1.29 is 28.5 Å². The first-order valence-corrected chi connectivity index (χ1v) is 14.6. The number of hydrogen-bond acceptors (Lipinski definition) is 11. The lowest BCUT2D eigenvalue weighted by Crippen LogP contribution is -2.46. The van der Waals surface area contributed by atoms with Crippen LogP contribution in [0.15, 0.2) is 67.0 Å². The van der Waals surface area contributed by atoms with Gasteiger partial charge in [0, 0.05) is 24.9 Å². The van der Waals surface area contributed by atoms with Crippen molar-refractivity contribution >= 4 is 28.5 Å². The molecule has 2 amide bonds. The van der Waals surface area contributed by atoms with Gasteiger partial charge in [-0.15, -0.1) is 10.2 Å². The van der Waals surface area contributed by atoms with Gasteiger partial charge in [-0.2, -0.15) is 4.68 Å². The van der Waals surface area contributed by atoms with E-state index in [1.54, 1.807) is 36.4 Å². The largest absolute Gasteiger partial charge is 0.494 e. The number of carbonyl (C=O) groups is 2. The third kappa shape index (κ3) is 6.17. The fourth-order valence-corrected chi connectivity index (χ4v) is 5.51. The van der Waals surface area contributed by atoms with Gasteiger partial charge in [0.15, 0.2) is 11.5 Å². The number of amides is 2. The zero-order chi connectivity index (χ0) is 32.0. The second kappa shape index (κ2) is 13.6. The molecule has 3 aromatic carbocycles. The molecule has 0 aliphatic carbocycles. The van der Waals surface area contributed by atoms with Gasteiger partial charge < -0.3 is 24.3 Å². The average molecular weight is 628 g/mol. The average Bonchev–Trinajstić information content (AvgIpc) is 3.89. The number of methoxy groups -OCH3 is 3. The van der Waals surface area contributed by atoms with Gasteiger partial charge in [0.1, 0.15) is 35.9 Å². The van der Waals surface area contributed by atoms with E-state index in [1.165, 1.54) is 41.9 Å². The number of nitrogens with zero attached hydrogens (tertiary/aromatic N) is 8. The van der Waals surface area contributed by atoms with Crippen LogP contribution in [-0.4, -0.2) is 87.6 Å². The molecular weight excluding hydrogens is 594 g/mol. The number of hydrogen-bond donors (Lipinski definition) is 1. The van der Waals surface area contributed by atoms with E-state index in [9.17, 15) is 9.59 Å². The summed E-state index contributed by atoms with van der Waals surface area (Å²) in [6.07, 6.45) is 3.07. The fourth-order valence-electron chi connectivity index (χ4n) is 5.51. The Hall–Kier alpha value is -5.57. The van der Waals surface area contributed by atoms with E-state index in [0.717, 1.165) is 12.8 Å². The Morgan fingerprint density at radius 2 is 1.83 bits per heavy atom. The van der Waals surface area contributed by atoms with E-state index in [2.05, 4.69) is 31.2 Å². The van der Waals surface area contributed by atoms with Gasteiger partial charge >= 0.3 is 0 Å². The third-order valence-electron chi connectivity index (χ3n) is 7.77. The lowest BCUT2D eigenvalue weighted by Gasteiger charge is -2.32. The number of tetrazole rings is 1. The minimum atomic E-state index is -1.15. The second-order valence-corrected chi connectivity index (χ2v) is 10.5. The van der Waals surface area contributed by atoms with Crippen LogP contribution in [-0.2, 0) is 20.9 Å². The maximum Gasteiger partial charge on any atom is 0.249 e. The number of ether oxygens (including phenoxy) is 4. The molecule has 238 valence electrons. The minimum absolute atomic E-state index is 0.115. The Morgan fingerprint density at radius 1 is 1.00 bits per heavy atom. The fraction of sp³-hybridized carbons (Fsp3) is 0.323. The molecule has 1 aliphatic heterocycles. The minimum Gasteiger partial charge on any atom is -0.494 e. The van der Waals surface area contributed by atoms with Crippen molar-refractivity contribution in [3.63, 3.8) is 0 Å². The van der Waals surface area contributed by atoms with E-state index >= 15 is 0 Å². The van der Waals surface area contributed by atoms with Crippen LogP contribution in [0.2, 0.25) is 0 Å². The van der Waals surface area contributed by atoms with Crippen LogP contribution in [0.1, 0.15) is 24.4 Å². The topological polar surface area (TPSA) is 161 Å². The zero-order valence-electron chi connectivity index (χ0n) is 25.6. The summed E-state index contributed by atoms with van der Waals surface area (Å²) < 4.78 is 25.4. The van der Waals surface area contributed by atoms with Crippen molar-refractivity contribution in [1.29, 1.82) is 0 Å². The number of fused-ring (bicyclic) bond motifs is 1. The SMILES string of the molecule is COc1ccc([C@@H](C(=O)NC[C@@H]2CCCO2)N(C(=O)Cn2nnc3ccccc32)c2ccc(-n3cnnn3)c(OC)c2)cc1OC. The molecule has 1 saturated heterocycles. The van der Waals surface area contributed by atoms with Crippen molar-refractivity contribution in [1.82, 2.24) is 40.5 Å². The highest BCUT2D eigenvalue weighted by molar-refractivity contribution is 6.02. The Labute approximate surface area is 264 Å². The maximum absolute atomic E-state index is 14.5. The van der Waals surface area contributed by atoms with E-state index in [4.69, 9.17) is 18.9 Å². The van der Waals surface area contributed by atoms with Gasteiger partial charge in [-0.25, -0.2) is 4.68 Å². The van der Waals surface area contributed by atoms with Crippen LogP contribution in [0.5, 0.6) is 17.2 Å². The summed E-state index contributed by atoms with van der Waals surface area (Å²) >= 11 is 0. The first-order valence-electron chi connectivity index (χ1n) is 14.6. The van der Waals surface area contributed by atoms with Crippen LogP contribution in [0, 0.1) is 0 Å². The van der Waals surface area contributed by atoms with Gasteiger partial charge in [-0.3, -0.25) is 14.5 Å². The lowest BCUT2D eigenvalue weighted by atomic mass is 10.0. The molecule has 1 aliphatic rings. The van der Waals surface area contributed by atoms with E-state index < -0.39 is 17.9 Å². The Kier molecular flexibility index (Phi) is 9.01. The molecule has 0 saturated carbocycles. The molecule has 0 bridgehead atoms. The monoisotopic (exact) mass is 627 g/mol. The number of anilines is 1. The molecule has 0 radical (unpaired) electrons. The molecule has 0 unspecified atom stereocenters. The highest BCUT2D eigenvalue weighted by Gasteiger charge is 2.35. The molecule has 6 rings (SSSR count). The van der Waals surface area contributed by atoms with Gasteiger partial charge in [-0.05, 0) is 65.2 Å². The number of nitrogens with one attached hydrogen (secondary N) is 1. The molecule has 2 atom stereocenters. The summed E-state index contributed by atoms with van der Waals surface area (Å²) in [5.41, 5.74) is 2.72. The summed E-state index contributed by atoms with van der Waals surface area (Å²) in [5.74, 6) is 0.407. The van der Waals surface area contributed by atoms with Crippen LogP contribution in [0.4, 0.5) is 5.69 Å².